The van der Waals surface area contributed by atoms with Crippen molar-refractivity contribution in [1.82, 2.24) is 4.72 Å². The maximum atomic E-state index is 11.8. The summed E-state index contributed by atoms with van der Waals surface area (Å²) in [6, 6.07) is 6.28. The van der Waals surface area contributed by atoms with Gasteiger partial charge in [0.1, 0.15) is 4.90 Å². The average molecular weight is 305 g/mol. The van der Waals surface area contributed by atoms with E-state index in [1.807, 2.05) is 0 Å². The van der Waals surface area contributed by atoms with Gasteiger partial charge in [-0.05, 0) is 32.0 Å². The molecule has 0 aliphatic carbocycles. The SMILES string of the molecule is CNS(=O)(=O)c1ccccc1NC(=O)CCCCCl. The number of unbranched alkanes of at least 4 members (excludes halogenated alkanes) is 1. The number of para-hydroxylation sites is 1. The predicted molar refractivity (Wildman–Crippen MR) is 75.9 cm³/mol. The number of alkyl halides is 1. The maximum Gasteiger partial charge on any atom is 0.242 e. The lowest BCUT2D eigenvalue weighted by atomic mass is 10.2. The lowest BCUT2D eigenvalue weighted by Crippen LogP contribution is -2.21. The molecule has 0 aromatic heterocycles. The molecule has 1 aromatic carbocycles. The van der Waals surface area contributed by atoms with Crippen LogP contribution in [0.3, 0.4) is 0 Å². The fourth-order valence-electron chi connectivity index (χ4n) is 1.51. The zero-order valence-corrected chi connectivity index (χ0v) is 12.2. The van der Waals surface area contributed by atoms with Crippen molar-refractivity contribution in [2.75, 3.05) is 18.2 Å². The summed E-state index contributed by atoms with van der Waals surface area (Å²) >= 11 is 5.53. The summed E-state index contributed by atoms with van der Waals surface area (Å²) in [5.74, 6) is 0.293. The molecular formula is C12H17ClN2O3S. The fourth-order valence-corrected chi connectivity index (χ4v) is 2.58. The second-order valence-electron chi connectivity index (χ2n) is 3.90. The van der Waals surface area contributed by atoms with Gasteiger partial charge < -0.3 is 5.32 Å². The van der Waals surface area contributed by atoms with Gasteiger partial charge in [-0.25, -0.2) is 13.1 Å². The molecule has 0 atom stereocenters. The highest BCUT2D eigenvalue weighted by atomic mass is 35.5. The first-order valence-corrected chi connectivity index (χ1v) is 7.91. The van der Waals surface area contributed by atoms with Crippen LogP contribution in [0.1, 0.15) is 19.3 Å². The summed E-state index contributed by atoms with van der Waals surface area (Å²) in [4.78, 5) is 11.7. The van der Waals surface area contributed by atoms with E-state index in [2.05, 4.69) is 10.0 Å². The van der Waals surface area contributed by atoms with Crippen LogP contribution in [-0.4, -0.2) is 27.3 Å². The Morgan fingerprint density at radius 3 is 2.58 bits per heavy atom. The maximum absolute atomic E-state index is 11.8. The largest absolute Gasteiger partial charge is 0.325 e. The van der Waals surface area contributed by atoms with Gasteiger partial charge in [0.05, 0.1) is 5.69 Å². The summed E-state index contributed by atoms with van der Waals surface area (Å²) in [7, 11) is -2.26. The minimum Gasteiger partial charge on any atom is -0.325 e. The minimum absolute atomic E-state index is 0.0585. The van der Waals surface area contributed by atoms with Gasteiger partial charge in [-0.1, -0.05) is 12.1 Å². The molecule has 5 nitrogen and oxygen atoms in total. The molecule has 0 heterocycles. The van der Waals surface area contributed by atoms with Gasteiger partial charge in [0, 0.05) is 12.3 Å². The van der Waals surface area contributed by atoms with E-state index in [0.29, 0.717) is 18.7 Å². The van der Waals surface area contributed by atoms with Gasteiger partial charge in [0.25, 0.3) is 0 Å². The molecule has 0 saturated heterocycles. The molecule has 7 heteroatoms. The van der Waals surface area contributed by atoms with Gasteiger partial charge in [0.15, 0.2) is 0 Å². The van der Waals surface area contributed by atoms with Crippen molar-refractivity contribution < 1.29 is 13.2 Å². The summed E-state index contributed by atoms with van der Waals surface area (Å²) in [6.45, 7) is 0. The monoisotopic (exact) mass is 304 g/mol. The third kappa shape index (κ3) is 4.81. The van der Waals surface area contributed by atoms with E-state index in [9.17, 15) is 13.2 Å². The van der Waals surface area contributed by atoms with E-state index < -0.39 is 10.0 Å². The third-order valence-corrected chi connectivity index (χ3v) is 4.25. The van der Waals surface area contributed by atoms with E-state index in [0.717, 1.165) is 6.42 Å². The van der Waals surface area contributed by atoms with Crippen LogP contribution in [0.15, 0.2) is 29.2 Å². The van der Waals surface area contributed by atoms with Gasteiger partial charge in [-0.3, -0.25) is 4.79 Å². The number of carbonyl (C=O) groups is 1. The van der Waals surface area contributed by atoms with E-state index in [1.165, 1.54) is 13.1 Å². The molecule has 2 N–H and O–H groups in total. The van der Waals surface area contributed by atoms with Gasteiger partial charge in [0.2, 0.25) is 15.9 Å². The molecule has 0 unspecified atom stereocenters. The number of nitrogens with one attached hydrogen (secondary N) is 2. The summed E-state index contributed by atoms with van der Waals surface area (Å²) in [5, 5.41) is 2.61. The second-order valence-corrected chi connectivity index (χ2v) is 6.13. The molecule has 106 valence electrons. The zero-order chi connectivity index (χ0) is 14.3. The van der Waals surface area contributed by atoms with Crippen molar-refractivity contribution in [3.8, 4) is 0 Å². The molecule has 19 heavy (non-hydrogen) atoms. The van der Waals surface area contributed by atoms with Crippen molar-refractivity contribution in [3.05, 3.63) is 24.3 Å². The van der Waals surface area contributed by atoms with Gasteiger partial charge in [-0.2, -0.15) is 0 Å². The molecule has 0 spiro atoms. The molecule has 1 amide bonds. The topological polar surface area (TPSA) is 75.3 Å². The van der Waals surface area contributed by atoms with Crippen LogP contribution in [-0.2, 0) is 14.8 Å². The molecule has 0 bridgehead atoms. The molecule has 0 radical (unpaired) electrons. The van der Waals surface area contributed by atoms with Crippen LogP contribution in [0.5, 0.6) is 0 Å². The molecule has 0 fully saturated rings. The predicted octanol–water partition coefficient (Wildman–Crippen LogP) is 1.94. The Balaban J connectivity index is 2.82. The van der Waals surface area contributed by atoms with E-state index in [-0.39, 0.29) is 16.5 Å². The number of halogens is 1. The highest BCUT2D eigenvalue weighted by Gasteiger charge is 2.17. The second kappa shape index (κ2) is 7.47. The standard InChI is InChI=1S/C12H17ClN2O3S/c1-14-19(17,18)11-7-3-2-6-10(11)15-12(16)8-4-5-9-13/h2-3,6-7,14H,4-5,8-9H2,1H3,(H,15,16). The number of benzene rings is 1. The Morgan fingerprint density at radius 1 is 1.26 bits per heavy atom. The Kier molecular flexibility index (Phi) is 6.27. The van der Waals surface area contributed by atoms with Crippen molar-refractivity contribution in [1.29, 1.82) is 0 Å². The quantitative estimate of drug-likeness (QED) is 0.597. The van der Waals surface area contributed by atoms with Crippen LogP contribution in [0, 0.1) is 0 Å². The van der Waals surface area contributed by atoms with Crippen molar-refractivity contribution in [3.63, 3.8) is 0 Å². The van der Waals surface area contributed by atoms with Crippen molar-refractivity contribution >= 4 is 33.2 Å². The van der Waals surface area contributed by atoms with Crippen LogP contribution >= 0.6 is 11.6 Å². The molecule has 0 aliphatic rings. The number of sulfonamides is 1. The third-order valence-electron chi connectivity index (χ3n) is 2.51. The first kappa shape index (κ1) is 15.9. The first-order valence-electron chi connectivity index (χ1n) is 5.89. The van der Waals surface area contributed by atoms with Crippen LogP contribution in [0.25, 0.3) is 0 Å². The number of rotatable bonds is 7. The van der Waals surface area contributed by atoms with E-state index in [1.54, 1.807) is 18.2 Å². The summed E-state index contributed by atoms with van der Waals surface area (Å²) in [6.07, 6.45) is 1.75. The van der Waals surface area contributed by atoms with E-state index in [4.69, 9.17) is 11.6 Å². The Morgan fingerprint density at radius 2 is 1.95 bits per heavy atom. The minimum atomic E-state index is -3.59. The molecule has 0 aliphatic heterocycles. The Hall–Kier alpha value is -1.11. The normalized spacial score (nSPS) is 11.3. The smallest absolute Gasteiger partial charge is 0.242 e. The van der Waals surface area contributed by atoms with Gasteiger partial charge >= 0.3 is 0 Å². The highest BCUT2D eigenvalue weighted by molar-refractivity contribution is 7.89. The first-order chi connectivity index (χ1) is 9.01. The number of anilines is 1. The van der Waals surface area contributed by atoms with Crippen molar-refractivity contribution in [2.45, 2.75) is 24.2 Å². The van der Waals surface area contributed by atoms with Crippen LogP contribution in [0.2, 0.25) is 0 Å². The summed E-state index contributed by atoms with van der Waals surface area (Å²) < 4.78 is 25.8. The fraction of sp³-hybridized carbons (Fsp3) is 0.417. The summed E-state index contributed by atoms with van der Waals surface area (Å²) in [5.41, 5.74) is 0.285. The number of amides is 1. The van der Waals surface area contributed by atoms with Crippen LogP contribution in [0.4, 0.5) is 5.69 Å². The van der Waals surface area contributed by atoms with Crippen molar-refractivity contribution in [2.24, 2.45) is 0 Å². The molecule has 1 aromatic rings. The Labute approximate surface area is 118 Å². The van der Waals surface area contributed by atoms with Gasteiger partial charge in [-0.15, -0.1) is 11.6 Å². The molecule has 1 rings (SSSR count). The number of hydrogen-bond donors (Lipinski definition) is 2. The Bertz CT molecular complexity index is 532. The molecule has 0 saturated carbocycles. The number of hydrogen-bond acceptors (Lipinski definition) is 3. The highest BCUT2D eigenvalue weighted by Crippen LogP contribution is 2.20. The lowest BCUT2D eigenvalue weighted by molar-refractivity contribution is -0.116. The molecular weight excluding hydrogens is 288 g/mol. The van der Waals surface area contributed by atoms with Crippen LogP contribution < -0.4 is 10.0 Å². The van der Waals surface area contributed by atoms with E-state index >= 15 is 0 Å². The average Bonchev–Trinajstić information content (AvgIpc) is 2.39. The lowest BCUT2D eigenvalue weighted by Gasteiger charge is -2.10. The number of carbonyl (C=O) groups excluding carboxylic acids is 1. The zero-order valence-electron chi connectivity index (χ0n) is 10.6.